The summed E-state index contributed by atoms with van der Waals surface area (Å²) in [6, 6.07) is 6.32. The summed E-state index contributed by atoms with van der Waals surface area (Å²) < 4.78 is 1.09. The van der Waals surface area contributed by atoms with Crippen LogP contribution in [0, 0.1) is 0 Å². The third-order valence-corrected chi connectivity index (χ3v) is 3.17. The van der Waals surface area contributed by atoms with Crippen molar-refractivity contribution >= 4 is 39.2 Å². The Bertz CT molecular complexity index is 423. The Kier molecular flexibility index (Phi) is 2.70. The van der Waals surface area contributed by atoms with Gasteiger partial charge in [0.05, 0.1) is 4.99 Å². The summed E-state index contributed by atoms with van der Waals surface area (Å²) in [5, 5.41) is 0. The van der Waals surface area contributed by atoms with Gasteiger partial charge in [-0.1, -0.05) is 34.2 Å². The summed E-state index contributed by atoms with van der Waals surface area (Å²) in [6.45, 7) is 0. The van der Waals surface area contributed by atoms with Gasteiger partial charge < -0.3 is 5.73 Å². The first kappa shape index (κ1) is 9.87. The van der Waals surface area contributed by atoms with Crippen LogP contribution >= 0.6 is 28.1 Å². The van der Waals surface area contributed by atoms with Gasteiger partial charge in [-0.25, -0.2) is 0 Å². The topological polar surface area (TPSA) is 26.0 Å². The zero-order valence-corrected chi connectivity index (χ0v) is 9.99. The van der Waals surface area contributed by atoms with Gasteiger partial charge >= 0.3 is 0 Å². The zero-order valence-electron chi connectivity index (χ0n) is 7.59. The molecular formula is C11H10BrNS. The molecule has 14 heavy (non-hydrogen) atoms. The summed E-state index contributed by atoms with van der Waals surface area (Å²) in [6.07, 6.45) is 4.08. The molecule has 0 saturated heterocycles. The van der Waals surface area contributed by atoms with E-state index in [2.05, 4.69) is 40.2 Å². The van der Waals surface area contributed by atoms with Gasteiger partial charge in [0.2, 0.25) is 0 Å². The van der Waals surface area contributed by atoms with Crippen molar-refractivity contribution in [2.75, 3.05) is 0 Å². The molecule has 0 radical (unpaired) electrons. The maximum Gasteiger partial charge on any atom is 0.0994 e. The average Bonchev–Trinajstić information content (AvgIpc) is 2.16. The number of fused-ring (bicyclic) bond motifs is 1. The summed E-state index contributed by atoms with van der Waals surface area (Å²) in [5.74, 6) is 0. The fraction of sp³-hybridized carbons (Fsp3) is 0.182. The third-order valence-electron chi connectivity index (χ3n) is 2.42. The predicted octanol–water partition coefficient (Wildman–Crippen LogP) is 3.06. The standard InChI is InChI=1S/C11H10BrNS/c12-10-4-3-7-1-2-8(11(13)14)5-9(7)6-10/h3-6H,1-2H2,(H2,13,14). The van der Waals surface area contributed by atoms with Crippen molar-refractivity contribution in [2.24, 2.45) is 5.73 Å². The first-order chi connectivity index (χ1) is 6.66. The van der Waals surface area contributed by atoms with E-state index in [0.29, 0.717) is 4.99 Å². The van der Waals surface area contributed by atoms with E-state index in [9.17, 15) is 0 Å². The summed E-state index contributed by atoms with van der Waals surface area (Å²) in [4.78, 5) is 0.524. The SMILES string of the molecule is NC(=S)C1=Cc2cc(Br)ccc2CC1. The molecule has 1 nitrogen and oxygen atoms in total. The normalized spacial score (nSPS) is 14.5. The molecule has 0 unspecified atom stereocenters. The predicted molar refractivity (Wildman–Crippen MR) is 67.2 cm³/mol. The lowest BCUT2D eigenvalue weighted by Crippen LogP contribution is -2.14. The lowest BCUT2D eigenvalue weighted by atomic mass is 9.92. The van der Waals surface area contributed by atoms with Crippen LogP contribution in [0.5, 0.6) is 0 Å². The molecule has 0 amide bonds. The molecule has 0 spiro atoms. The van der Waals surface area contributed by atoms with Gasteiger partial charge in [0.1, 0.15) is 0 Å². The molecular weight excluding hydrogens is 258 g/mol. The highest BCUT2D eigenvalue weighted by Crippen LogP contribution is 2.26. The van der Waals surface area contributed by atoms with Crippen LogP contribution < -0.4 is 5.73 Å². The average molecular weight is 268 g/mol. The van der Waals surface area contributed by atoms with Gasteiger partial charge in [0, 0.05) is 4.47 Å². The number of aryl methyl sites for hydroxylation is 1. The number of halogens is 1. The van der Waals surface area contributed by atoms with Gasteiger partial charge in [-0.3, -0.25) is 0 Å². The summed E-state index contributed by atoms with van der Waals surface area (Å²) in [5.41, 5.74) is 9.30. The highest BCUT2D eigenvalue weighted by atomic mass is 79.9. The monoisotopic (exact) mass is 267 g/mol. The fourth-order valence-corrected chi connectivity index (χ4v) is 2.19. The van der Waals surface area contributed by atoms with Crippen molar-refractivity contribution in [3.05, 3.63) is 39.4 Å². The molecule has 0 heterocycles. The van der Waals surface area contributed by atoms with Gasteiger partial charge in [-0.05, 0) is 47.8 Å². The third kappa shape index (κ3) is 1.88. The van der Waals surface area contributed by atoms with Crippen molar-refractivity contribution in [3.8, 4) is 0 Å². The van der Waals surface area contributed by atoms with Gasteiger partial charge in [0.25, 0.3) is 0 Å². The van der Waals surface area contributed by atoms with Crippen LogP contribution in [0.15, 0.2) is 28.2 Å². The number of benzene rings is 1. The number of thiocarbonyl (C=S) groups is 1. The number of nitrogens with two attached hydrogens (primary N) is 1. The van der Waals surface area contributed by atoms with E-state index in [1.807, 2.05) is 0 Å². The van der Waals surface area contributed by atoms with Crippen molar-refractivity contribution in [1.29, 1.82) is 0 Å². The van der Waals surface area contributed by atoms with Gasteiger partial charge in [-0.15, -0.1) is 0 Å². The molecule has 0 atom stereocenters. The first-order valence-electron chi connectivity index (χ1n) is 4.45. The molecule has 1 aromatic rings. The smallest absolute Gasteiger partial charge is 0.0994 e. The van der Waals surface area contributed by atoms with Crippen molar-refractivity contribution < 1.29 is 0 Å². The molecule has 2 N–H and O–H groups in total. The van der Waals surface area contributed by atoms with Crippen molar-refractivity contribution in [1.82, 2.24) is 0 Å². The summed E-state index contributed by atoms with van der Waals surface area (Å²) in [7, 11) is 0. The van der Waals surface area contributed by atoms with Crippen molar-refractivity contribution in [3.63, 3.8) is 0 Å². The molecule has 1 aliphatic carbocycles. The van der Waals surface area contributed by atoms with Crippen molar-refractivity contribution in [2.45, 2.75) is 12.8 Å². The molecule has 1 aromatic carbocycles. The maximum absolute atomic E-state index is 5.61. The summed E-state index contributed by atoms with van der Waals surface area (Å²) >= 11 is 8.43. The fourth-order valence-electron chi connectivity index (χ4n) is 1.65. The quantitative estimate of drug-likeness (QED) is 0.792. The molecule has 0 fully saturated rings. The molecule has 0 bridgehead atoms. The van der Waals surface area contributed by atoms with E-state index in [4.69, 9.17) is 18.0 Å². The molecule has 3 heteroatoms. The maximum atomic E-state index is 5.61. The highest BCUT2D eigenvalue weighted by molar-refractivity contribution is 9.10. The van der Waals surface area contributed by atoms with E-state index >= 15 is 0 Å². The molecule has 1 aliphatic rings. The number of hydrogen-bond acceptors (Lipinski definition) is 1. The minimum atomic E-state index is 0.524. The molecule has 2 rings (SSSR count). The van der Waals surface area contributed by atoms with E-state index in [0.717, 1.165) is 22.9 Å². The van der Waals surface area contributed by atoms with E-state index < -0.39 is 0 Å². The van der Waals surface area contributed by atoms with E-state index in [-0.39, 0.29) is 0 Å². The van der Waals surface area contributed by atoms with Crippen LogP contribution in [0.4, 0.5) is 0 Å². The molecule has 72 valence electrons. The second-order valence-electron chi connectivity index (χ2n) is 3.38. The second-order valence-corrected chi connectivity index (χ2v) is 4.73. The molecule has 0 aromatic heterocycles. The van der Waals surface area contributed by atoms with Crippen LogP contribution in [-0.4, -0.2) is 4.99 Å². The number of rotatable bonds is 1. The second kappa shape index (κ2) is 3.83. The Morgan fingerprint density at radius 3 is 2.86 bits per heavy atom. The Morgan fingerprint density at radius 1 is 1.36 bits per heavy atom. The van der Waals surface area contributed by atoms with E-state index in [1.165, 1.54) is 11.1 Å². The van der Waals surface area contributed by atoms with Crippen LogP contribution in [0.25, 0.3) is 6.08 Å². The van der Waals surface area contributed by atoms with Crippen LogP contribution in [0.3, 0.4) is 0 Å². The van der Waals surface area contributed by atoms with Gasteiger partial charge in [0.15, 0.2) is 0 Å². The molecule has 0 aliphatic heterocycles. The number of hydrogen-bond donors (Lipinski definition) is 1. The van der Waals surface area contributed by atoms with Gasteiger partial charge in [-0.2, -0.15) is 0 Å². The van der Waals surface area contributed by atoms with Crippen LogP contribution in [0.2, 0.25) is 0 Å². The minimum absolute atomic E-state index is 0.524. The Labute approximate surface area is 97.1 Å². The first-order valence-corrected chi connectivity index (χ1v) is 5.66. The van der Waals surface area contributed by atoms with Crippen LogP contribution in [-0.2, 0) is 6.42 Å². The van der Waals surface area contributed by atoms with Crippen LogP contribution in [0.1, 0.15) is 17.5 Å². The Hall–Kier alpha value is -0.670. The Morgan fingerprint density at radius 2 is 2.14 bits per heavy atom. The highest BCUT2D eigenvalue weighted by Gasteiger charge is 2.11. The zero-order chi connectivity index (χ0) is 10.1. The Balaban J connectivity index is 2.47. The largest absolute Gasteiger partial charge is 0.390 e. The lowest BCUT2D eigenvalue weighted by molar-refractivity contribution is 0.960. The van der Waals surface area contributed by atoms with E-state index in [1.54, 1.807) is 0 Å². The molecule has 0 saturated carbocycles. The lowest BCUT2D eigenvalue weighted by Gasteiger charge is -2.15. The minimum Gasteiger partial charge on any atom is -0.390 e.